The van der Waals surface area contributed by atoms with Gasteiger partial charge in [-0.3, -0.25) is 0 Å². The molecule has 1 fully saturated rings. The molecule has 1 aliphatic heterocycles. The molecule has 0 aromatic heterocycles. The Hall–Kier alpha value is 0.200. The van der Waals surface area contributed by atoms with Crippen molar-refractivity contribution in [3.63, 3.8) is 0 Å². The molecule has 1 aliphatic rings. The van der Waals surface area contributed by atoms with Crippen molar-refractivity contribution in [1.82, 2.24) is 10.2 Å². The zero-order chi connectivity index (χ0) is 8.97. The Morgan fingerprint density at radius 2 is 2.50 bits per heavy atom. The fraction of sp³-hybridized carbons (Fsp3) is 0.875. The maximum Gasteiger partial charge on any atom is 0.0922 e. The van der Waals surface area contributed by atoms with Gasteiger partial charge in [0.1, 0.15) is 0 Å². The maximum atomic E-state index is 5.29. The lowest BCUT2D eigenvalue weighted by molar-refractivity contribution is 0.421. The van der Waals surface area contributed by atoms with Crippen molar-refractivity contribution in [2.75, 3.05) is 25.9 Å². The van der Waals surface area contributed by atoms with Gasteiger partial charge in [-0.15, -0.1) is 0 Å². The molecule has 0 saturated carbocycles. The monoisotopic (exact) mass is 204 g/mol. The van der Waals surface area contributed by atoms with E-state index in [1.807, 2.05) is 7.05 Å². The number of nitrogens with one attached hydrogen (secondary N) is 1. The highest BCUT2D eigenvalue weighted by Gasteiger charge is 2.24. The fourth-order valence-corrected chi connectivity index (χ4v) is 2.37. The first-order valence-electron chi connectivity index (χ1n) is 4.34. The van der Waals surface area contributed by atoms with E-state index in [2.05, 4.69) is 22.8 Å². The van der Waals surface area contributed by atoms with E-state index in [9.17, 15) is 0 Å². The Labute approximate surface area is 85.1 Å². The van der Waals surface area contributed by atoms with Crippen LogP contribution < -0.4 is 5.32 Å². The van der Waals surface area contributed by atoms with Crippen LogP contribution in [0.1, 0.15) is 12.8 Å². The number of nitrogens with zero attached hydrogens (tertiary/aromatic N) is 1. The fourth-order valence-electron chi connectivity index (χ4n) is 1.61. The molecular weight excluding hydrogens is 188 g/mol. The molecule has 1 heterocycles. The van der Waals surface area contributed by atoms with Gasteiger partial charge in [0.05, 0.1) is 4.99 Å². The molecule has 0 radical (unpaired) electrons. The largest absolute Gasteiger partial charge is 0.361 e. The van der Waals surface area contributed by atoms with E-state index in [1.54, 1.807) is 0 Å². The van der Waals surface area contributed by atoms with Gasteiger partial charge < -0.3 is 10.2 Å². The van der Waals surface area contributed by atoms with Crippen molar-refractivity contribution in [2.45, 2.75) is 18.9 Å². The van der Waals surface area contributed by atoms with E-state index in [0.717, 1.165) is 23.8 Å². The minimum absolute atomic E-state index is 0.578. The SMILES string of the molecule is CNCC(=S)N1CCC[C@@H]1CS. The zero-order valence-corrected chi connectivity index (χ0v) is 9.13. The summed E-state index contributed by atoms with van der Waals surface area (Å²) in [6.45, 7) is 1.94. The molecule has 0 unspecified atom stereocenters. The number of likely N-dealkylation sites (tertiary alicyclic amines) is 1. The molecule has 4 heteroatoms. The standard InChI is InChI=1S/C8H16N2S2/c1-9-5-8(12)10-4-2-3-7(10)6-11/h7,9,11H,2-6H2,1H3/t7-/m1/s1. The minimum Gasteiger partial charge on any atom is -0.361 e. The molecule has 1 atom stereocenters. The van der Waals surface area contributed by atoms with E-state index in [1.165, 1.54) is 12.8 Å². The number of rotatable bonds is 3. The summed E-state index contributed by atoms with van der Waals surface area (Å²) in [6, 6.07) is 0.578. The summed E-state index contributed by atoms with van der Waals surface area (Å²) in [4.78, 5) is 3.34. The molecule has 12 heavy (non-hydrogen) atoms. The first kappa shape index (κ1) is 10.3. The topological polar surface area (TPSA) is 15.3 Å². The van der Waals surface area contributed by atoms with E-state index >= 15 is 0 Å². The molecule has 0 aromatic rings. The molecule has 2 nitrogen and oxygen atoms in total. The third-order valence-corrected chi connectivity index (χ3v) is 3.04. The van der Waals surface area contributed by atoms with Gasteiger partial charge in [-0.1, -0.05) is 12.2 Å². The zero-order valence-electron chi connectivity index (χ0n) is 7.42. The summed E-state index contributed by atoms with van der Waals surface area (Å²) >= 11 is 9.60. The van der Waals surface area contributed by atoms with Gasteiger partial charge in [0.25, 0.3) is 0 Å². The molecule has 1 saturated heterocycles. The summed E-state index contributed by atoms with van der Waals surface area (Å²) in [6.07, 6.45) is 2.50. The molecule has 1 N–H and O–H groups in total. The number of thiol groups is 1. The third-order valence-electron chi connectivity index (χ3n) is 2.24. The van der Waals surface area contributed by atoms with Gasteiger partial charge in [0.15, 0.2) is 0 Å². The van der Waals surface area contributed by atoms with E-state index in [-0.39, 0.29) is 0 Å². The van der Waals surface area contributed by atoms with Gasteiger partial charge in [-0.25, -0.2) is 0 Å². The highest BCUT2D eigenvalue weighted by atomic mass is 32.1. The van der Waals surface area contributed by atoms with Crippen molar-refractivity contribution in [3.05, 3.63) is 0 Å². The predicted octanol–water partition coefficient (Wildman–Crippen LogP) is 0.927. The molecule has 0 bridgehead atoms. The quantitative estimate of drug-likeness (QED) is 0.525. The third kappa shape index (κ3) is 2.34. The summed E-state index contributed by atoms with van der Waals surface area (Å²) in [5, 5.41) is 3.08. The Morgan fingerprint density at radius 3 is 3.08 bits per heavy atom. The van der Waals surface area contributed by atoms with E-state index in [4.69, 9.17) is 12.2 Å². The smallest absolute Gasteiger partial charge is 0.0922 e. The van der Waals surface area contributed by atoms with E-state index < -0.39 is 0 Å². The second-order valence-corrected chi connectivity index (χ2v) is 3.93. The van der Waals surface area contributed by atoms with Gasteiger partial charge in [0, 0.05) is 24.9 Å². The van der Waals surface area contributed by atoms with Crippen molar-refractivity contribution >= 4 is 29.8 Å². The summed E-state index contributed by atoms with van der Waals surface area (Å²) in [5.41, 5.74) is 0. The number of thiocarbonyl (C=S) groups is 1. The Bertz CT molecular complexity index is 161. The Kier molecular flexibility index (Phi) is 4.32. The Balaban J connectivity index is 2.43. The molecule has 70 valence electrons. The summed E-state index contributed by atoms with van der Waals surface area (Å²) in [5.74, 6) is 0.920. The lowest BCUT2D eigenvalue weighted by Crippen LogP contribution is -2.39. The van der Waals surface area contributed by atoms with Crippen LogP contribution >= 0.6 is 24.8 Å². The molecule has 0 amide bonds. The van der Waals surface area contributed by atoms with Crippen LogP contribution in [0.4, 0.5) is 0 Å². The average Bonchev–Trinajstić information content (AvgIpc) is 2.51. The van der Waals surface area contributed by atoms with Crippen LogP contribution in [0.3, 0.4) is 0 Å². The lowest BCUT2D eigenvalue weighted by Gasteiger charge is -2.25. The first-order valence-corrected chi connectivity index (χ1v) is 5.38. The second-order valence-electron chi connectivity index (χ2n) is 3.10. The molecule has 0 spiro atoms. The lowest BCUT2D eigenvalue weighted by atomic mass is 10.2. The van der Waals surface area contributed by atoms with Crippen molar-refractivity contribution < 1.29 is 0 Å². The van der Waals surface area contributed by atoms with Crippen molar-refractivity contribution in [1.29, 1.82) is 0 Å². The highest BCUT2D eigenvalue weighted by molar-refractivity contribution is 7.80. The van der Waals surface area contributed by atoms with Crippen LogP contribution in [-0.4, -0.2) is 41.8 Å². The second kappa shape index (κ2) is 5.04. The van der Waals surface area contributed by atoms with Crippen LogP contribution in [-0.2, 0) is 0 Å². The highest BCUT2D eigenvalue weighted by Crippen LogP contribution is 2.18. The summed E-state index contributed by atoms with van der Waals surface area (Å²) in [7, 11) is 1.93. The number of hydrogen-bond acceptors (Lipinski definition) is 3. The minimum atomic E-state index is 0.578. The summed E-state index contributed by atoms with van der Waals surface area (Å²) < 4.78 is 0. The number of likely N-dealkylation sites (N-methyl/N-ethyl adjacent to an activating group) is 1. The average molecular weight is 204 g/mol. The van der Waals surface area contributed by atoms with Crippen LogP contribution in [0.25, 0.3) is 0 Å². The van der Waals surface area contributed by atoms with Crippen molar-refractivity contribution in [3.8, 4) is 0 Å². The van der Waals surface area contributed by atoms with Gasteiger partial charge in [0.2, 0.25) is 0 Å². The van der Waals surface area contributed by atoms with Crippen LogP contribution in [0.5, 0.6) is 0 Å². The molecular formula is C8H16N2S2. The molecule has 0 aromatic carbocycles. The van der Waals surface area contributed by atoms with Crippen LogP contribution in [0.2, 0.25) is 0 Å². The van der Waals surface area contributed by atoms with Crippen molar-refractivity contribution in [2.24, 2.45) is 0 Å². The molecule has 1 rings (SSSR count). The Morgan fingerprint density at radius 1 is 1.75 bits per heavy atom. The predicted molar refractivity (Wildman–Crippen MR) is 60.1 cm³/mol. The maximum absolute atomic E-state index is 5.29. The van der Waals surface area contributed by atoms with Gasteiger partial charge in [-0.2, -0.15) is 12.6 Å². The molecule has 0 aliphatic carbocycles. The normalized spacial score (nSPS) is 23.2. The van der Waals surface area contributed by atoms with Gasteiger partial charge in [-0.05, 0) is 19.9 Å². The first-order chi connectivity index (χ1) is 5.79. The van der Waals surface area contributed by atoms with Crippen LogP contribution in [0, 0.1) is 0 Å². The van der Waals surface area contributed by atoms with Crippen LogP contribution in [0.15, 0.2) is 0 Å². The van der Waals surface area contributed by atoms with Gasteiger partial charge >= 0.3 is 0 Å². The number of hydrogen-bond donors (Lipinski definition) is 2. The van der Waals surface area contributed by atoms with E-state index in [0.29, 0.717) is 6.04 Å².